The normalized spacial score (nSPS) is 14.1. The Bertz CT molecular complexity index is 3370. The predicted molar refractivity (Wildman–Crippen MR) is 262 cm³/mol. The van der Waals surface area contributed by atoms with Gasteiger partial charge >= 0.3 is 0 Å². The van der Waals surface area contributed by atoms with E-state index in [2.05, 4.69) is 204 Å². The Kier molecular flexibility index (Phi) is 9.57. The van der Waals surface area contributed by atoms with Crippen LogP contribution in [0.3, 0.4) is 0 Å². The molecule has 3 heterocycles. The van der Waals surface area contributed by atoms with Crippen LogP contribution in [0.2, 0.25) is 0 Å². The molecule has 3 aromatic heterocycles. The van der Waals surface area contributed by atoms with Crippen molar-refractivity contribution in [1.29, 1.82) is 0 Å². The highest BCUT2D eigenvalue weighted by Crippen LogP contribution is 2.44. The van der Waals surface area contributed by atoms with E-state index in [1.807, 2.05) is 0 Å². The molecule has 6 nitrogen and oxygen atoms in total. The van der Waals surface area contributed by atoms with Gasteiger partial charge in [0.15, 0.2) is 11.6 Å². The summed E-state index contributed by atoms with van der Waals surface area (Å²) in [6, 6.07) is 30.0. The van der Waals surface area contributed by atoms with Crippen LogP contribution in [-0.2, 0) is 0 Å². The zero-order valence-electron chi connectivity index (χ0n) is 37.8. The SMILES string of the molecule is CC1=CC(C)=C(c2nc3ccccc3n2-c2c(C)c(-n3c(C4=C(C)C=C(C)CC#C4)nc4ccccc43)c(C)c(-n3c(-c4c(C)cc(C)cc4C)nc4ccccc43)c2C)C#CC1. The number of imidazole rings is 3. The van der Waals surface area contributed by atoms with Gasteiger partial charge in [0, 0.05) is 18.4 Å². The van der Waals surface area contributed by atoms with E-state index in [9.17, 15) is 0 Å². The maximum Gasteiger partial charge on any atom is 0.154 e. The third-order valence-corrected chi connectivity index (χ3v) is 12.7. The third kappa shape index (κ3) is 6.40. The molecule has 0 unspecified atom stereocenters. The second kappa shape index (κ2) is 15.2. The molecule has 0 fully saturated rings. The van der Waals surface area contributed by atoms with Crippen LogP contribution in [0, 0.1) is 65.2 Å². The van der Waals surface area contributed by atoms with Crippen LogP contribution in [0.25, 0.3) is 72.7 Å². The fraction of sp³-hybridized carbons (Fsp3) is 0.211. The summed E-state index contributed by atoms with van der Waals surface area (Å²) < 4.78 is 7.16. The summed E-state index contributed by atoms with van der Waals surface area (Å²) in [7, 11) is 0. The first-order valence-electron chi connectivity index (χ1n) is 21.8. The van der Waals surface area contributed by atoms with E-state index in [-0.39, 0.29) is 0 Å². The van der Waals surface area contributed by atoms with Crippen LogP contribution in [0.15, 0.2) is 119 Å². The monoisotopic (exact) mass is 818 g/mol. The maximum atomic E-state index is 5.50. The third-order valence-electron chi connectivity index (χ3n) is 12.7. The van der Waals surface area contributed by atoms with E-state index in [1.54, 1.807) is 0 Å². The first-order valence-corrected chi connectivity index (χ1v) is 21.8. The number of benzene rings is 5. The van der Waals surface area contributed by atoms with Crippen molar-refractivity contribution in [2.45, 2.75) is 82.1 Å². The molecule has 0 saturated carbocycles. The fourth-order valence-corrected chi connectivity index (χ4v) is 10.2. The minimum Gasteiger partial charge on any atom is -0.292 e. The van der Waals surface area contributed by atoms with Gasteiger partial charge in [-0.25, -0.2) is 15.0 Å². The van der Waals surface area contributed by atoms with Gasteiger partial charge < -0.3 is 0 Å². The zero-order chi connectivity index (χ0) is 43.8. The lowest BCUT2D eigenvalue weighted by Gasteiger charge is -2.27. The van der Waals surface area contributed by atoms with E-state index in [1.165, 1.54) is 27.8 Å². The largest absolute Gasteiger partial charge is 0.292 e. The molecule has 2 aliphatic carbocycles. The lowest BCUT2D eigenvalue weighted by atomic mass is 9.95. The standard InChI is InChI=1S/C57H50N6/c1-33-19-17-21-43(36(4)29-33)55-58-45-23-11-14-26-48(45)61(55)52-40(8)53(62-49-27-15-12-24-46(49)59-56(62)44-22-18-20-34(2)30-37(44)5)42(10)54(41(52)9)63-50-28-16-13-25-47(50)60-57(63)51-38(6)31-35(3)32-39(51)7/h11-16,23-32H,19-20H2,1-10H3. The molecule has 0 radical (unpaired) electrons. The van der Waals surface area contributed by atoms with Crippen molar-refractivity contribution in [1.82, 2.24) is 28.7 Å². The molecule has 10 rings (SSSR count). The van der Waals surface area contributed by atoms with Crippen molar-refractivity contribution in [2.24, 2.45) is 0 Å². The predicted octanol–water partition coefficient (Wildman–Crippen LogP) is 13.5. The van der Waals surface area contributed by atoms with E-state index in [0.29, 0.717) is 0 Å². The molecule has 0 N–H and O–H groups in total. The van der Waals surface area contributed by atoms with Gasteiger partial charge in [0.2, 0.25) is 0 Å². The molecule has 8 aromatic rings. The van der Waals surface area contributed by atoms with Crippen LogP contribution < -0.4 is 0 Å². The second-order valence-electron chi connectivity index (χ2n) is 17.5. The molecule has 5 aromatic carbocycles. The summed E-state index contributed by atoms with van der Waals surface area (Å²) >= 11 is 0. The molecule has 0 saturated heterocycles. The van der Waals surface area contributed by atoms with Crippen molar-refractivity contribution < 1.29 is 0 Å². The van der Waals surface area contributed by atoms with Crippen molar-refractivity contribution in [2.75, 3.05) is 0 Å². The van der Waals surface area contributed by atoms with Crippen LogP contribution in [0.4, 0.5) is 0 Å². The summed E-state index contributed by atoms with van der Waals surface area (Å²) in [4.78, 5) is 16.4. The van der Waals surface area contributed by atoms with Crippen LogP contribution in [-0.4, -0.2) is 28.7 Å². The van der Waals surface area contributed by atoms with Crippen molar-refractivity contribution in [3.05, 3.63) is 164 Å². The number of hydrogen-bond acceptors (Lipinski definition) is 3. The van der Waals surface area contributed by atoms with Gasteiger partial charge in [-0.1, -0.05) is 101 Å². The average molecular weight is 819 g/mol. The number of rotatable bonds is 6. The molecule has 63 heavy (non-hydrogen) atoms. The number of hydrogen-bond donors (Lipinski definition) is 0. The van der Waals surface area contributed by atoms with Gasteiger partial charge in [0.05, 0.1) is 61.3 Å². The minimum absolute atomic E-state index is 0.718. The maximum absolute atomic E-state index is 5.50. The summed E-state index contributed by atoms with van der Waals surface area (Å²) in [5, 5.41) is 0. The lowest BCUT2D eigenvalue weighted by Crippen LogP contribution is -2.16. The highest BCUT2D eigenvalue weighted by Gasteiger charge is 2.31. The van der Waals surface area contributed by atoms with Gasteiger partial charge in [-0.2, -0.15) is 0 Å². The van der Waals surface area contributed by atoms with Gasteiger partial charge in [-0.15, -0.1) is 0 Å². The highest BCUT2D eigenvalue weighted by molar-refractivity contribution is 5.94. The van der Waals surface area contributed by atoms with E-state index in [4.69, 9.17) is 15.0 Å². The smallest absolute Gasteiger partial charge is 0.154 e. The van der Waals surface area contributed by atoms with Crippen LogP contribution >= 0.6 is 0 Å². The fourth-order valence-electron chi connectivity index (χ4n) is 10.2. The van der Waals surface area contributed by atoms with Gasteiger partial charge in [-0.05, 0) is 145 Å². The molecular formula is C57H50N6. The van der Waals surface area contributed by atoms with Crippen LogP contribution in [0.1, 0.15) is 85.6 Å². The second-order valence-corrected chi connectivity index (χ2v) is 17.5. The molecular weight excluding hydrogens is 769 g/mol. The number of aryl methyl sites for hydroxylation is 3. The molecule has 308 valence electrons. The summed E-state index contributed by atoms with van der Waals surface area (Å²) in [5.41, 5.74) is 23.5. The number of allylic oxidation sites excluding steroid dienone is 8. The van der Waals surface area contributed by atoms with Gasteiger partial charge in [-0.3, -0.25) is 13.7 Å². The number of fused-ring (bicyclic) bond motifs is 3. The van der Waals surface area contributed by atoms with E-state index >= 15 is 0 Å². The number of para-hydroxylation sites is 6. The van der Waals surface area contributed by atoms with E-state index < -0.39 is 0 Å². The Hall–Kier alpha value is -7.41. The Morgan fingerprint density at radius 2 is 0.794 bits per heavy atom. The molecule has 0 bridgehead atoms. The van der Waals surface area contributed by atoms with E-state index in [0.717, 1.165) is 125 Å². The van der Waals surface area contributed by atoms with Gasteiger partial charge in [0.25, 0.3) is 0 Å². The lowest BCUT2D eigenvalue weighted by molar-refractivity contribution is 0.953. The van der Waals surface area contributed by atoms with Crippen molar-refractivity contribution in [3.63, 3.8) is 0 Å². The molecule has 6 heteroatoms. The van der Waals surface area contributed by atoms with Crippen molar-refractivity contribution >= 4 is 44.2 Å². The molecule has 0 atom stereocenters. The number of nitrogens with zero attached hydrogens (tertiary/aromatic N) is 6. The molecule has 0 amide bonds. The first-order chi connectivity index (χ1) is 30.4. The van der Waals surface area contributed by atoms with Crippen LogP contribution in [0.5, 0.6) is 0 Å². The number of aromatic nitrogens is 6. The Balaban J connectivity index is 1.43. The quantitative estimate of drug-likeness (QED) is 0.157. The molecule has 2 aliphatic rings. The zero-order valence-corrected chi connectivity index (χ0v) is 37.8. The Morgan fingerprint density at radius 3 is 1.19 bits per heavy atom. The summed E-state index contributed by atoms with van der Waals surface area (Å²) in [6.45, 7) is 22.0. The molecule has 0 aliphatic heterocycles. The summed E-state index contributed by atoms with van der Waals surface area (Å²) in [6.07, 6.45) is 5.93. The van der Waals surface area contributed by atoms with Gasteiger partial charge in [0.1, 0.15) is 5.82 Å². The minimum atomic E-state index is 0.718. The van der Waals surface area contributed by atoms with Crippen molar-refractivity contribution in [3.8, 4) is 52.1 Å². The topological polar surface area (TPSA) is 53.5 Å². The molecule has 0 spiro atoms. The Labute approximate surface area is 370 Å². The highest BCUT2D eigenvalue weighted by atomic mass is 15.1. The summed E-state index contributed by atoms with van der Waals surface area (Å²) in [5.74, 6) is 16.7. The Morgan fingerprint density at radius 1 is 0.444 bits per heavy atom. The first kappa shape index (κ1) is 39.7. The average Bonchev–Trinajstić information content (AvgIpc) is 3.84.